The average molecular weight is 470 g/mol. The number of nitrogens with zero attached hydrogens (tertiary/aromatic N) is 2. The van der Waals surface area contributed by atoms with E-state index in [2.05, 4.69) is 22.6 Å². The number of fused-ring (bicyclic) bond motifs is 1. The molecule has 0 fully saturated rings. The molecule has 0 saturated heterocycles. The molecule has 0 aliphatic rings. The Bertz CT molecular complexity index is 1350. The number of nitrogens with one attached hydrogen (secondary N) is 1. The Balaban J connectivity index is 1.71. The van der Waals surface area contributed by atoms with E-state index in [0.717, 1.165) is 27.7 Å². The van der Waals surface area contributed by atoms with E-state index in [1.54, 1.807) is 6.08 Å². The van der Waals surface area contributed by atoms with Gasteiger partial charge in [-0.3, -0.25) is 0 Å². The summed E-state index contributed by atoms with van der Waals surface area (Å²) in [6, 6.07) is 21.4. The Morgan fingerprint density at radius 2 is 1.94 bits per heavy atom. The first kappa shape index (κ1) is 23.2. The van der Waals surface area contributed by atoms with Gasteiger partial charge in [0.1, 0.15) is 18.5 Å². The van der Waals surface area contributed by atoms with Gasteiger partial charge in [-0.05, 0) is 66.9 Å². The highest BCUT2D eigenvalue weighted by molar-refractivity contribution is 6.30. The molecule has 0 radical (unpaired) electrons. The predicted molar refractivity (Wildman–Crippen MR) is 137 cm³/mol. The second-order valence-corrected chi connectivity index (χ2v) is 8.06. The van der Waals surface area contributed by atoms with E-state index in [4.69, 9.17) is 21.1 Å². The Kier molecular flexibility index (Phi) is 7.31. The van der Waals surface area contributed by atoms with Gasteiger partial charge in [-0.1, -0.05) is 41.9 Å². The Morgan fingerprint density at radius 3 is 2.65 bits per heavy atom. The zero-order valence-electron chi connectivity index (χ0n) is 18.8. The first-order valence-corrected chi connectivity index (χ1v) is 11.3. The highest BCUT2D eigenvalue weighted by atomic mass is 35.5. The lowest BCUT2D eigenvalue weighted by molar-refractivity contribution is 0.267. The van der Waals surface area contributed by atoms with Crippen LogP contribution in [0.4, 0.5) is 0 Å². The van der Waals surface area contributed by atoms with Gasteiger partial charge in [0.2, 0.25) is 0 Å². The molecule has 0 aliphatic carbocycles. The highest BCUT2D eigenvalue weighted by Crippen LogP contribution is 2.36. The van der Waals surface area contributed by atoms with Crippen LogP contribution in [0.1, 0.15) is 29.4 Å². The van der Waals surface area contributed by atoms with Crippen molar-refractivity contribution in [2.75, 3.05) is 6.61 Å². The summed E-state index contributed by atoms with van der Waals surface area (Å²) in [6.07, 6.45) is 4.21. The lowest BCUT2D eigenvalue weighted by Gasteiger charge is -2.17. The van der Waals surface area contributed by atoms with Crippen LogP contribution >= 0.6 is 11.6 Å². The number of rotatable bonds is 9. The maximum absolute atomic E-state index is 9.84. The molecule has 4 rings (SSSR count). The summed E-state index contributed by atoms with van der Waals surface area (Å²) in [7, 11) is 0. The maximum atomic E-state index is 9.84. The number of aromatic nitrogens is 2. The second kappa shape index (κ2) is 10.7. The summed E-state index contributed by atoms with van der Waals surface area (Å²) in [5, 5.41) is 10.5. The molecule has 34 heavy (non-hydrogen) atoms. The summed E-state index contributed by atoms with van der Waals surface area (Å²) in [5.41, 5.74) is 4.85. The van der Waals surface area contributed by atoms with Crippen LogP contribution in [-0.2, 0) is 13.0 Å². The molecule has 0 aliphatic heterocycles. The molecule has 3 aromatic carbocycles. The third kappa shape index (κ3) is 5.31. The standard InChI is InChI=1S/C28H24ClN3O2/c1-3-7-21-14-20(15-22(17-30)28-31-24-8-5-6-9-25(24)32-28)16-26(33-4-2)27(21)34-18-19-10-12-23(29)13-11-19/h3,5-6,8-16H,1,4,7,18H2,2H3,(H,31,32)/b22-15+. The molecular weight excluding hydrogens is 446 g/mol. The maximum Gasteiger partial charge on any atom is 0.165 e. The minimum absolute atomic E-state index is 0.374. The van der Waals surface area contributed by atoms with Crippen LogP contribution in [0.15, 0.2) is 73.3 Å². The van der Waals surface area contributed by atoms with Gasteiger partial charge in [0.05, 0.1) is 23.2 Å². The number of benzene rings is 3. The van der Waals surface area contributed by atoms with Crippen molar-refractivity contribution < 1.29 is 9.47 Å². The van der Waals surface area contributed by atoms with Gasteiger partial charge in [-0.2, -0.15) is 5.26 Å². The fraction of sp³-hybridized carbons (Fsp3) is 0.143. The van der Waals surface area contributed by atoms with E-state index in [1.165, 1.54) is 0 Å². The van der Waals surface area contributed by atoms with E-state index in [-0.39, 0.29) is 0 Å². The molecule has 0 spiro atoms. The van der Waals surface area contributed by atoms with E-state index >= 15 is 0 Å². The largest absolute Gasteiger partial charge is 0.490 e. The molecule has 6 heteroatoms. The monoisotopic (exact) mass is 469 g/mol. The quantitative estimate of drug-likeness (QED) is 0.212. The molecule has 0 atom stereocenters. The number of H-pyrrole nitrogens is 1. The second-order valence-electron chi connectivity index (χ2n) is 7.62. The first-order valence-electron chi connectivity index (χ1n) is 11.0. The first-order chi connectivity index (χ1) is 16.6. The van der Waals surface area contributed by atoms with Crippen LogP contribution in [0, 0.1) is 11.3 Å². The van der Waals surface area contributed by atoms with Crippen molar-refractivity contribution in [1.29, 1.82) is 5.26 Å². The van der Waals surface area contributed by atoms with Gasteiger partial charge in [0, 0.05) is 10.6 Å². The van der Waals surface area contributed by atoms with E-state index in [1.807, 2.05) is 73.7 Å². The lowest BCUT2D eigenvalue weighted by Crippen LogP contribution is -2.03. The van der Waals surface area contributed by atoms with Crippen molar-refractivity contribution in [1.82, 2.24) is 9.97 Å². The number of nitriles is 1. The summed E-state index contributed by atoms with van der Waals surface area (Å²) in [6.45, 7) is 6.66. The van der Waals surface area contributed by atoms with Gasteiger partial charge in [-0.15, -0.1) is 6.58 Å². The molecule has 0 saturated carbocycles. The minimum atomic E-state index is 0.374. The topological polar surface area (TPSA) is 70.9 Å². The SMILES string of the molecule is C=CCc1cc(/C=C(\C#N)c2nc3ccccc3[nH]2)cc(OCC)c1OCc1ccc(Cl)cc1. The molecule has 1 heterocycles. The van der Waals surface area contributed by atoms with Gasteiger partial charge in [-0.25, -0.2) is 4.98 Å². The van der Waals surface area contributed by atoms with Crippen LogP contribution in [0.5, 0.6) is 11.5 Å². The Hall–Kier alpha value is -4.01. The smallest absolute Gasteiger partial charge is 0.165 e. The average Bonchev–Trinajstić information content (AvgIpc) is 3.27. The van der Waals surface area contributed by atoms with Gasteiger partial charge in [0.15, 0.2) is 11.5 Å². The van der Waals surface area contributed by atoms with E-state index < -0.39 is 0 Å². The summed E-state index contributed by atoms with van der Waals surface area (Å²) in [4.78, 5) is 7.77. The molecular formula is C28H24ClN3O2. The summed E-state index contributed by atoms with van der Waals surface area (Å²) in [5.74, 6) is 1.80. The molecule has 0 unspecified atom stereocenters. The molecule has 1 aromatic heterocycles. The zero-order valence-corrected chi connectivity index (χ0v) is 19.6. The van der Waals surface area contributed by atoms with Gasteiger partial charge < -0.3 is 14.5 Å². The summed E-state index contributed by atoms with van der Waals surface area (Å²) >= 11 is 5.99. The number of ether oxygens (including phenoxy) is 2. The van der Waals surface area contributed by atoms with Crippen LogP contribution < -0.4 is 9.47 Å². The van der Waals surface area contributed by atoms with Gasteiger partial charge >= 0.3 is 0 Å². The molecule has 1 N–H and O–H groups in total. The van der Waals surface area contributed by atoms with Crippen molar-refractivity contribution >= 4 is 34.3 Å². The number of aromatic amines is 1. The fourth-order valence-electron chi connectivity index (χ4n) is 3.64. The molecule has 4 aromatic rings. The normalized spacial score (nSPS) is 11.3. The predicted octanol–water partition coefficient (Wildman–Crippen LogP) is 6.99. The van der Waals surface area contributed by atoms with Crippen molar-refractivity contribution in [2.24, 2.45) is 0 Å². The number of hydrogen-bond acceptors (Lipinski definition) is 4. The van der Waals surface area contributed by atoms with Crippen molar-refractivity contribution in [3.63, 3.8) is 0 Å². The molecule has 0 bridgehead atoms. The number of allylic oxidation sites excluding steroid dienone is 2. The van der Waals surface area contributed by atoms with E-state index in [9.17, 15) is 5.26 Å². The lowest BCUT2D eigenvalue weighted by atomic mass is 10.0. The number of hydrogen-bond donors (Lipinski definition) is 1. The summed E-state index contributed by atoms with van der Waals surface area (Å²) < 4.78 is 12.1. The number of halogens is 1. The number of imidazole rings is 1. The fourth-order valence-corrected chi connectivity index (χ4v) is 3.76. The van der Waals surface area contributed by atoms with Crippen LogP contribution in [0.3, 0.4) is 0 Å². The molecule has 170 valence electrons. The molecule has 5 nitrogen and oxygen atoms in total. The third-order valence-electron chi connectivity index (χ3n) is 5.19. The Morgan fingerprint density at radius 1 is 1.15 bits per heavy atom. The van der Waals surface area contributed by atoms with Crippen molar-refractivity contribution in [3.05, 3.63) is 101 Å². The van der Waals surface area contributed by atoms with Crippen molar-refractivity contribution in [3.8, 4) is 17.6 Å². The van der Waals surface area contributed by atoms with Crippen LogP contribution in [0.2, 0.25) is 5.02 Å². The highest BCUT2D eigenvalue weighted by Gasteiger charge is 2.15. The van der Waals surface area contributed by atoms with Crippen LogP contribution in [-0.4, -0.2) is 16.6 Å². The van der Waals surface area contributed by atoms with Crippen LogP contribution in [0.25, 0.3) is 22.7 Å². The van der Waals surface area contributed by atoms with Gasteiger partial charge in [0.25, 0.3) is 0 Å². The number of para-hydroxylation sites is 2. The molecule has 0 amide bonds. The van der Waals surface area contributed by atoms with E-state index in [0.29, 0.717) is 47.6 Å². The zero-order chi connectivity index (χ0) is 23.9. The minimum Gasteiger partial charge on any atom is -0.490 e. The Labute approximate surface area is 203 Å². The third-order valence-corrected chi connectivity index (χ3v) is 5.44. The van der Waals surface area contributed by atoms with Crippen molar-refractivity contribution in [2.45, 2.75) is 20.0 Å².